The molecule has 3 aromatic rings. The summed E-state index contributed by atoms with van der Waals surface area (Å²) in [5.74, 6) is -0.156. The predicted octanol–water partition coefficient (Wildman–Crippen LogP) is 4.89. The van der Waals surface area contributed by atoms with E-state index < -0.39 is 5.97 Å². The van der Waals surface area contributed by atoms with Crippen molar-refractivity contribution in [3.8, 4) is 5.75 Å². The molecule has 8 heteroatoms. The highest BCUT2D eigenvalue weighted by Crippen LogP contribution is 2.39. The lowest BCUT2D eigenvalue weighted by Gasteiger charge is -2.21. The summed E-state index contributed by atoms with van der Waals surface area (Å²) >= 11 is 0. The van der Waals surface area contributed by atoms with Gasteiger partial charge < -0.3 is 24.7 Å². The minimum Gasteiger partial charge on any atom is -0.496 e. The van der Waals surface area contributed by atoms with Crippen LogP contribution in [-0.2, 0) is 14.3 Å². The summed E-state index contributed by atoms with van der Waals surface area (Å²) in [6.45, 7) is 4.45. The first-order valence-corrected chi connectivity index (χ1v) is 12.7. The van der Waals surface area contributed by atoms with Crippen LogP contribution in [0.5, 0.6) is 5.75 Å². The summed E-state index contributed by atoms with van der Waals surface area (Å²) in [6.07, 6.45) is 5.58. The monoisotopic (exact) mass is 519 g/mol. The van der Waals surface area contributed by atoms with Crippen LogP contribution in [0.3, 0.4) is 0 Å². The maximum atomic E-state index is 12.5. The van der Waals surface area contributed by atoms with E-state index >= 15 is 0 Å². The summed E-state index contributed by atoms with van der Waals surface area (Å²) in [6, 6.07) is 11.3. The van der Waals surface area contributed by atoms with Crippen molar-refractivity contribution in [2.45, 2.75) is 39.0 Å². The number of carbonyl (C=O) groups is 3. The molecule has 2 N–H and O–H groups in total. The zero-order valence-electron chi connectivity index (χ0n) is 23.0. The molecule has 38 heavy (non-hydrogen) atoms. The number of ether oxygens (including phenoxy) is 2. The Balaban J connectivity index is 2.09. The number of benzene rings is 2. The van der Waals surface area contributed by atoms with Gasteiger partial charge in [-0.15, -0.1) is 0 Å². The smallest absolute Gasteiger partial charge is 0.337 e. The number of nitrogens with zero attached hydrogens (tertiary/aromatic N) is 1. The van der Waals surface area contributed by atoms with Crippen molar-refractivity contribution in [3.63, 3.8) is 0 Å². The minimum absolute atomic E-state index is 0.0253. The fourth-order valence-electron chi connectivity index (χ4n) is 4.45. The molecular formula is C30H37N3O5. The van der Waals surface area contributed by atoms with Crippen LogP contribution in [0, 0.1) is 0 Å². The predicted molar refractivity (Wildman–Crippen MR) is 149 cm³/mol. The molecule has 202 valence electrons. The number of methoxy groups -OCH3 is 2. The molecule has 0 spiro atoms. The first kappa shape index (κ1) is 28.5. The van der Waals surface area contributed by atoms with Gasteiger partial charge in [0.05, 0.1) is 19.8 Å². The van der Waals surface area contributed by atoms with Crippen LogP contribution >= 0.6 is 0 Å². The molecule has 0 aliphatic rings. The highest BCUT2D eigenvalue weighted by Gasteiger charge is 2.24. The number of amides is 2. The lowest BCUT2D eigenvalue weighted by Crippen LogP contribution is -2.24. The molecule has 1 atom stereocenters. The number of carbonyl (C=O) groups excluding carboxylic acids is 3. The van der Waals surface area contributed by atoms with Crippen molar-refractivity contribution in [1.29, 1.82) is 0 Å². The van der Waals surface area contributed by atoms with E-state index in [1.165, 1.54) is 7.11 Å². The Morgan fingerprint density at radius 3 is 2.50 bits per heavy atom. The summed E-state index contributed by atoms with van der Waals surface area (Å²) < 4.78 is 10.6. The number of aromatic nitrogens is 1. The Labute approximate surface area is 224 Å². The Bertz CT molecular complexity index is 1340. The third-order valence-corrected chi connectivity index (χ3v) is 6.57. The van der Waals surface area contributed by atoms with Crippen LogP contribution in [0.1, 0.15) is 66.1 Å². The number of hydrogen-bond donors (Lipinski definition) is 2. The minimum atomic E-state index is -0.448. The highest BCUT2D eigenvalue weighted by atomic mass is 16.5. The molecule has 1 heterocycles. The molecule has 2 amide bonds. The number of fused-ring (bicyclic) bond motifs is 1. The van der Waals surface area contributed by atoms with Gasteiger partial charge in [-0.25, -0.2) is 4.79 Å². The molecule has 2 aromatic carbocycles. The van der Waals surface area contributed by atoms with Crippen molar-refractivity contribution < 1.29 is 23.9 Å². The quantitative estimate of drug-likeness (QED) is 0.277. The van der Waals surface area contributed by atoms with E-state index in [2.05, 4.69) is 10.3 Å². The lowest BCUT2D eigenvalue weighted by atomic mass is 9.85. The van der Waals surface area contributed by atoms with E-state index in [4.69, 9.17) is 9.47 Å². The topological polar surface area (TPSA) is 101 Å². The average Bonchev–Trinajstić information content (AvgIpc) is 3.34. The van der Waals surface area contributed by atoms with Crippen molar-refractivity contribution in [3.05, 3.63) is 70.4 Å². The normalized spacial score (nSPS) is 12.2. The molecule has 1 aromatic heterocycles. The van der Waals surface area contributed by atoms with E-state index in [0.717, 1.165) is 34.0 Å². The van der Waals surface area contributed by atoms with Crippen molar-refractivity contribution in [2.24, 2.45) is 0 Å². The van der Waals surface area contributed by atoms with Gasteiger partial charge in [0.2, 0.25) is 11.8 Å². The molecule has 0 aliphatic carbocycles. The summed E-state index contributed by atoms with van der Waals surface area (Å²) in [5.41, 5.74) is 4.73. The van der Waals surface area contributed by atoms with Crippen LogP contribution in [-0.4, -0.2) is 62.5 Å². The van der Waals surface area contributed by atoms with Crippen LogP contribution in [0.4, 0.5) is 0 Å². The molecular weight excluding hydrogens is 482 g/mol. The van der Waals surface area contributed by atoms with Crippen LogP contribution in [0.15, 0.2) is 48.2 Å². The summed E-state index contributed by atoms with van der Waals surface area (Å²) in [4.78, 5) is 42.0. The third kappa shape index (κ3) is 6.62. The second-order valence-electron chi connectivity index (χ2n) is 9.46. The highest BCUT2D eigenvalue weighted by molar-refractivity contribution is 5.98. The maximum Gasteiger partial charge on any atom is 0.337 e. The summed E-state index contributed by atoms with van der Waals surface area (Å²) in [5, 5.41) is 3.89. The summed E-state index contributed by atoms with van der Waals surface area (Å²) in [7, 11) is 6.39. The Morgan fingerprint density at radius 2 is 1.84 bits per heavy atom. The van der Waals surface area contributed by atoms with E-state index in [9.17, 15) is 14.4 Å². The maximum absolute atomic E-state index is 12.5. The van der Waals surface area contributed by atoms with Gasteiger partial charge in [-0.1, -0.05) is 19.1 Å². The Kier molecular flexibility index (Phi) is 9.71. The molecule has 8 nitrogen and oxygen atoms in total. The first-order valence-electron chi connectivity index (χ1n) is 12.7. The fourth-order valence-corrected chi connectivity index (χ4v) is 4.45. The zero-order valence-corrected chi connectivity index (χ0v) is 23.0. The van der Waals surface area contributed by atoms with E-state index in [-0.39, 0.29) is 17.7 Å². The van der Waals surface area contributed by atoms with Crippen molar-refractivity contribution in [1.82, 2.24) is 15.2 Å². The number of aromatic amines is 1. The molecule has 3 rings (SSSR count). The fraction of sp³-hybridized carbons (Fsp3) is 0.367. The van der Waals surface area contributed by atoms with Gasteiger partial charge in [0.25, 0.3) is 0 Å². The van der Waals surface area contributed by atoms with E-state index in [0.29, 0.717) is 36.3 Å². The van der Waals surface area contributed by atoms with Crippen molar-refractivity contribution >= 4 is 34.8 Å². The van der Waals surface area contributed by atoms with Gasteiger partial charge in [-0.05, 0) is 61.2 Å². The van der Waals surface area contributed by atoms with Gasteiger partial charge in [-0.3, -0.25) is 9.59 Å². The standard InChI is InChI=1S/C30H37N3O5/c1-7-14-31-29(35)19(2)15-20-8-12-26-24(16-20)25(18-32-26)22(11-13-28(34)33(3)4)23-10-9-21(30(36)38-6)17-27(23)37-5/h8-10,12,15-18,22,32H,7,11,13-14H2,1-6H3,(H,31,35)/b19-15+. The third-order valence-electron chi connectivity index (χ3n) is 6.57. The van der Waals surface area contributed by atoms with Crippen LogP contribution < -0.4 is 10.1 Å². The van der Waals surface area contributed by atoms with Crippen LogP contribution in [0.25, 0.3) is 17.0 Å². The molecule has 0 saturated carbocycles. The average molecular weight is 520 g/mol. The number of esters is 1. The van der Waals surface area contributed by atoms with Crippen LogP contribution in [0.2, 0.25) is 0 Å². The van der Waals surface area contributed by atoms with Gasteiger partial charge in [0.15, 0.2) is 0 Å². The van der Waals surface area contributed by atoms with Gasteiger partial charge >= 0.3 is 5.97 Å². The Hall–Kier alpha value is -4.07. The largest absolute Gasteiger partial charge is 0.496 e. The first-order chi connectivity index (χ1) is 18.2. The SMILES string of the molecule is CCCNC(=O)/C(C)=C/c1ccc2[nH]cc(C(CCC(=O)N(C)C)c3ccc(C(=O)OC)cc3OC)c2c1. The van der Waals surface area contributed by atoms with E-state index in [1.807, 2.05) is 43.5 Å². The molecule has 0 aliphatic heterocycles. The molecule has 0 radical (unpaired) electrons. The van der Waals surface area contributed by atoms with Gasteiger partial charge in [0.1, 0.15) is 5.75 Å². The molecule has 0 fully saturated rings. The molecule has 0 bridgehead atoms. The van der Waals surface area contributed by atoms with Gasteiger partial charge in [0, 0.05) is 61.2 Å². The second kappa shape index (κ2) is 12.9. The Morgan fingerprint density at radius 1 is 1.08 bits per heavy atom. The number of H-pyrrole nitrogens is 1. The number of rotatable bonds is 11. The van der Waals surface area contributed by atoms with E-state index in [1.54, 1.807) is 45.2 Å². The van der Waals surface area contributed by atoms with Crippen molar-refractivity contribution in [2.75, 3.05) is 34.9 Å². The molecule has 1 unspecified atom stereocenters. The number of hydrogen-bond acceptors (Lipinski definition) is 5. The zero-order chi connectivity index (χ0) is 27.8. The van der Waals surface area contributed by atoms with Gasteiger partial charge in [-0.2, -0.15) is 0 Å². The lowest BCUT2D eigenvalue weighted by molar-refractivity contribution is -0.128. The second-order valence-corrected chi connectivity index (χ2v) is 9.46. The molecule has 0 saturated heterocycles. The number of nitrogens with one attached hydrogen (secondary N) is 2.